The van der Waals surface area contributed by atoms with E-state index in [4.69, 9.17) is 21.4 Å². The van der Waals surface area contributed by atoms with Crippen molar-refractivity contribution in [1.82, 2.24) is 9.55 Å². The molecule has 0 radical (unpaired) electrons. The predicted molar refractivity (Wildman–Crippen MR) is 89.5 cm³/mol. The lowest BCUT2D eigenvalue weighted by atomic mass is 10.1. The standard InChI is InChI=1S/C15H14ClN3O6/c1-25-11-7-10(9(16)6-8(11)14(22)23)17-12(20)2-4-19-5-3-13(21)18-15(19)24/h3,5-7H,2,4H2,1H3,(H,17,20)(H,22,23)(H,18,21,24). The number of aromatic carboxylic acids is 1. The first-order chi connectivity index (χ1) is 11.8. The van der Waals surface area contributed by atoms with Crippen LogP contribution in [0.3, 0.4) is 0 Å². The summed E-state index contributed by atoms with van der Waals surface area (Å²) in [6, 6.07) is 3.65. The van der Waals surface area contributed by atoms with E-state index in [1.54, 1.807) is 0 Å². The Kier molecular flexibility index (Phi) is 5.60. The molecule has 1 amide bonds. The number of carbonyl (C=O) groups excluding carboxylic acids is 1. The summed E-state index contributed by atoms with van der Waals surface area (Å²) in [5, 5.41) is 11.6. The number of H-pyrrole nitrogens is 1. The van der Waals surface area contributed by atoms with Crippen LogP contribution in [0, 0.1) is 0 Å². The molecule has 10 heteroatoms. The molecule has 0 aliphatic heterocycles. The third-order valence-electron chi connectivity index (χ3n) is 3.27. The summed E-state index contributed by atoms with van der Waals surface area (Å²) in [7, 11) is 1.30. The number of aromatic nitrogens is 2. The molecular formula is C15H14ClN3O6. The summed E-state index contributed by atoms with van der Waals surface area (Å²) >= 11 is 5.98. The molecule has 0 aliphatic rings. The van der Waals surface area contributed by atoms with Crippen molar-refractivity contribution in [2.24, 2.45) is 0 Å². The number of carbonyl (C=O) groups is 2. The zero-order chi connectivity index (χ0) is 18.6. The maximum Gasteiger partial charge on any atom is 0.339 e. The Morgan fingerprint density at radius 3 is 2.68 bits per heavy atom. The summed E-state index contributed by atoms with van der Waals surface area (Å²) in [4.78, 5) is 47.7. The van der Waals surface area contributed by atoms with Crippen molar-refractivity contribution in [3.05, 3.63) is 55.8 Å². The molecule has 0 atom stereocenters. The normalized spacial score (nSPS) is 10.3. The average Bonchev–Trinajstić information content (AvgIpc) is 2.55. The third kappa shape index (κ3) is 4.48. The monoisotopic (exact) mass is 367 g/mol. The molecule has 1 aromatic carbocycles. The fourth-order valence-corrected chi connectivity index (χ4v) is 2.25. The Bertz CT molecular complexity index is 934. The van der Waals surface area contributed by atoms with E-state index < -0.39 is 23.1 Å². The van der Waals surface area contributed by atoms with Gasteiger partial charge in [0.25, 0.3) is 5.56 Å². The first kappa shape index (κ1) is 18.3. The molecule has 3 N–H and O–H groups in total. The number of ether oxygens (including phenoxy) is 1. The van der Waals surface area contributed by atoms with Crippen LogP contribution in [-0.2, 0) is 11.3 Å². The van der Waals surface area contributed by atoms with Gasteiger partial charge in [0, 0.05) is 31.3 Å². The number of aryl methyl sites for hydroxylation is 1. The number of hydrogen-bond acceptors (Lipinski definition) is 5. The number of nitrogens with zero attached hydrogens (tertiary/aromatic N) is 1. The predicted octanol–water partition coefficient (Wildman–Crippen LogP) is 0.926. The van der Waals surface area contributed by atoms with Crippen molar-refractivity contribution in [2.45, 2.75) is 13.0 Å². The van der Waals surface area contributed by atoms with E-state index in [1.165, 1.54) is 36.1 Å². The number of carboxylic acids is 1. The second kappa shape index (κ2) is 7.67. The van der Waals surface area contributed by atoms with E-state index in [2.05, 4.69) is 10.3 Å². The molecule has 9 nitrogen and oxygen atoms in total. The van der Waals surface area contributed by atoms with E-state index in [0.717, 1.165) is 0 Å². The Balaban J connectivity index is 2.11. The van der Waals surface area contributed by atoms with E-state index >= 15 is 0 Å². The molecular weight excluding hydrogens is 354 g/mol. The summed E-state index contributed by atoms with van der Waals surface area (Å²) in [5.74, 6) is -1.62. The molecule has 2 rings (SSSR count). The summed E-state index contributed by atoms with van der Waals surface area (Å²) < 4.78 is 6.15. The van der Waals surface area contributed by atoms with Crippen molar-refractivity contribution in [3.8, 4) is 5.75 Å². The van der Waals surface area contributed by atoms with Gasteiger partial charge in [-0.15, -0.1) is 0 Å². The van der Waals surface area contributed by atoms with E-state index in [9.17, 15) is 19.2 Å². The maximum atomic E-state index is 12.0. The van der Waals surface area contributed by atoms with Crippen LogP contribution in [0.5, 0.6) is 5.75 Å². The second-order valence-corrected chi connectivity index (χ2v) is 5.35. The number of rotatable bonds is 6. The first-order valence-electron chi connectivity index (χ1n) is 7.02. The van der Waals surface area contributed by atoms with E-state index in [-0.39, 0.29) is 35.0 Å². The SMILES string of the molecule is COc1cc(NC(=O)CCn2ccc(=O)[nH]c2=O)c(Cl)cc1C(=O)O. The fourth-order valence-electron chi connectivity index (χ4n) is 2.04. The lowest BCUT2D eigenvalue weighted by Crippen LogP contribution is -2.29. The Morgan fingerprint density at radius 1 is 1.36 bits per heavy atom. The zero-order valence-electron chi connectivity index (χ0n) is 13.0. The lowest BCUT2D eigenvalue weighted by Gasteiger charge is -2.12. The highest BCUT2D eigenvalue weighted by molar-refractivity contribution is 6.34. The molecule has 0 bridgehead atoms. The Morgan fingerprint density at radius 2 is 2.08 bits per heavy atom. The van der Waals surface area contributed by atoms with Crippen molar-refractivity contribution in [3.63, 3.8) is 0 Å². The topological polar surface area (TPSA) is 130 Å². The highest BCUT2D eigenvalue weighted by Gasteiger charge is 2.16. The quantitative estimate of drug-likeness (QED) is 0.696. The van der Waals surface area contributed by atoms with Crippen LogP contribution in [0.4, 0.5) is 5.69 Å². The molecule has 0 saturated heterocycles. The van der Waals surface area contributed by atoms with Gasteiger partial charge in [0.05, 0.1) is 17.8 Å². The van der Waals surface area contributed by atoms with Crippen LogP contribution in [0.25, 0.3) is 0 Å². The highest BCUT2D eigenvalue weighted by atomic mass is 35.5. The minimum atomic E-state index is -1.21. The van der Waals surface area contributed by atoms with Crippen molar-refractivity contribution >= 4 is 29.2 Å². The average molecular weight is 368 g/mol. The van der Waals surface area contributed by atoms with Gasteiger partial charge >= 0.3 is 11.7 Å². The molecule has 0 spiro atoms. The molecule has 25 heavy (non-hydrogen) atoms. The Hall–Kier alpha value is -3.07. The van der Waals surface area contributed by atoms with Gasteiger partial charge in [-0.3, -0.25) is 14.6 Å². The number of nitrogens with one attached hydrogen (secondary N) is 2. The van der Waals surface area contributed by atoms with Crippen molar-refractivity contribution in [2.75, 3.05) is 12.4 Å². The smallest absolute Gasteiger partial charge is 0.339 e. The van der Waals surface area contributed by atoms with Crippen molar-refractivity contribution in [1.29, 1.82) is 0 Å². The minimum Gasteiger partial charge on any atom is -0.496 e. The van der Waals surface area contributed by atoms with Crippen LogP contribution in [0.15, 0.2) is 34.0 Å². The maximum absolute atomic E-state index is 12.0. The molecule has 132 valence electrons. The van der Waals surface area contributed by atoms with Gasteiger partial charge in [-0.05, 0) is 6.07 Å². The second-order valence-electron chi connectivity index (χ2n) is 4.94. The van der Waals surface area contributed by atoms with Crippen molar-refractivity contribution < 1.29 is 19.4 Å². The summed E-state index contributed by atoms with van der Waals surface area (Å²) in [5.41, 5.74) is -1.10. The van der Waals surface area contributed by atoms with Crippen LogP contribution in [0.1, 0.15) is 16.8 Å². The van der Waals surface area contributed by atoms with Crippen LogP contribution in [0.2, 0.25) is 5.02 Å². The van der Waals surface area contributed by atoms with Crippen LogP contribution >= 0.6 is 11.6 Å². The highest BCUT2D eigenvalue weighted by Crippen LogP contribution is 2.31. The lowest BCUT2D eigenvalue weighted by molar-refractivity contribution is -0.116. The van der Waals surface area contributed by atoms with Gasteiger partial charge in [0.2, 0.25) is 5.91 Å². The van der Waals surface area contributed by atoms with Gasteiger partial charge in [-0.25, -0.2) is 9.59 Å². The van der Waals surface area contributed by atoms with Gasteiger partial charge in [0.1, 0.15) is 11.3 Å². The van der Waals surface area contributed by atoms with E-state index in [0.29, 0.717) is 0 Å². The van der Waals surface area contributed by atoms with Gasteiger partial charge in [0.15, 0.2) is 0 Å². The minimum absolute atomic E-state index is 0.0350. The number of methoxy groups -OCH3 is 1. The number of anilines is 1. The number of carboxylic acid groups (broad SMARTS) is 1. The summed E-state index contributed by atoms with van der Waals surface area (Å²) in [6.07, 6.45) is 1.22. The number of amides is 1. The van der Waals surface area contributed by atoms with Gasteiger partial charge < -0.3 is 19.7 Å². The molecule has 1 aromatic heterocycles. The molecule has 0 fully saturated rings. The fraction of sp³-hybridized carbons (Fsp3) is 0.200. The van der Waals surface area contributed by atoms with Gasteiger partial charge in [-0.1, -0.05) is 11.6 Å². The third-order valence-corrected chi connectivity index (χ3v) is 3.58. The van der Waals surface area contributed by atoms with Crippen LogP contribution < -0.4 is 21.3 Å². The van der Waals surface area contributed by atoms with Crippen LogP contribution in [-0.4, -0.2) is 33.6 Å². The number of hydrogen-bond donors (Lipinski definition) is 3. The van der Waals surface area contributed by atoms with Gasteiger partial charge in [-0.2, -0.15) is 0 Å². The molecule has 0 unspecified atom stereocenters. The number of halogens is 1. The number of benzene rings is 1. The van der Waals surface area contributed by atoms with E-state index in [1.807, 2.05) is 0 Å². The largest absolute Gasteiger partial charge is 0.496 e. The molecule has 0 saturated carbocycles. The molecule has 2 aromatic rings. The molecule has 0 aliphatic carbocycles. The Labute approximate surface area is 145 Å². The summed E-state index contributed by atoms with van der Waals surface area (Å²) in [6.45, 7) is 0.0450. The molecule has 1 heterocycles. The number of aromatic amines is 1. The zero-order valence-corrected chi connectivity index (χ0v) is 13.8. The first-order valence-corrected chi connectivity index (χ1v) is 7.40.